The van der Waals surface area contributed by atoms with Gasteiger partial charge in [0.25, 0.3) is 0 Å². The third-order valence-corrected chi connectivity index (χ3v) is 4.19. The molecule has 0 aliphatic carbocycles. The van der Waals surface area contributed by atoms with Crippen LogP contribution in [0.3, 0.4) is 0 Å². The van der Waals surface area contributed by atoms with Gasteiger partial charge in [0, 0.05) is 27.3 Å². The Labute approximate surface area is 131 Å². The van der Waals surface area contributed by atoms with Crippen molar-refractivity contribution in [3.8, 4) is 0 Å². The predicted molar refractivity (Wildman–Crippen MR) is 78.7 cm³/mol. The lowest BCUT2D eigenvalue weighted by atomic mass is 10.0. The highest BCUT2D eigenvalue weighted by Crippen LogP contribution is 2.34. The first-order chi connectivity index (χ1) is 8.99. The molecule has 0 N–H and O–H groups in total. The van der Waals surface area contributed by atoms with Crippen molar-refractivity contribution in [1.29, 1.82) is 0 Å². The maximum absolute atomic E-state index is 13.8. The summed E-state index contributed by atoms with van der Waals surface area (Å²) >= 11 is 12.3. The number of halogens is 5. The van der Waals surface area contributed by atoms with Crippen LogP contribution < -0.4 is 0 Å². The zero-order chi connectivity index (χ0) is 14.0. The smallest absolute Gasteiger partial charge is 0.131 e. The lowest BCUT2D eigenvalue weighted by molar-refractivity contribution is 0.552. The molecule has 0 aliphatic heterocycles. The second kappa shape index (κ2) is 6.29. The van der Waals surface area contributed by atoms with Crippen LogP contribution in [-0.2, 0) is 6.42 Å². The first kappa shape index (κ1) is 14.9. The van der Waals surface area contributed by atoms with Gasteiger partial charge in [0.05, 0.1) is 5.02 Å². The van der Waals surface area contributed by atoms with Gasteiger partial charge in [-0.3, -0.25) is 4.98 Å². The van der Waals surface area contributed by atoms with E-state index in [9.17, 15) is 8.78 Å². The molecule has 1 nitrogen and oxygen atoms in total. The van der Waals surface area contributed by atoms with E-state index in [0.29, 0.717) is 15.9 Å². The molecule has 0 saturated heterocycles. The second-order valence-electron chi connectivity index (χ2n) is 3.92. The lowest BCUT2D eigenvalue weighted by Gasteiger charge is -2.13. The number of rotatable bonds is 3. The highest BCUT2D eigenvalue weighted by atomic mass is 79.9. The van der Waals surface area contributed by atoms with Crippen molar-refractivity contribution in [3.63, 3.8) is 0 Å². The molecule has 19 heavy (non-hydrogen) atoms. The van der Waals surface area contributed by atoms with Crippen molar-refractivity contribution >= 4 is 43.5 Å². The van der Waals surface area contributed by atoms with Gasteiger partial charge in [-0.2, -0.15) is 0 Å². The summed E-state index contributed by atoms with van der Waals surface area (Å²) in [5.74, 6) is -1.20. The Morgan fingerprint density at radius 2 is 1.89 bits per heavy atom. The number of aromatic nitrogens is 1. The summed E-state index contributed by atoms with van der Waals surface area (Å²) in [7, 11) is 0. The first-order valence-electron chi connectivity index (χ1n) is 5.36. The van der Waals surface area contributed by atoms with Crippen molar-refractivity contribution in [2.45, 2.75) is 11.2 Å². The van der Waals surface area contributed by atoms with Crippen LogP contribution in [0, 0.1) is 11.6 Å². The maximum atomic E-state index is 13.8. The standard InChI is InChI=1S/C13H8Br2ClF2N/c14-8-4-11(17)13(12(18)5-8)9(15)3-7-1-2-19-6-10(7)16/h1-2,4-6,9H,3H2. The van der Waals surface area contributed by atoms with Crippen LogP contribution in [-0.4, -0.2) is 4.98 Å². The van der Waals surface area contributed by atoms with Gasteiger partial charge in [0.1, 0.15) is 11.6 Å². The fraction of sp³-hybridized carbons (Fsp3) is 0.154. The van der Waals surface area contributed by atoms with Crippen molar-refractivity contribution in [3.05, 3.63) is 62.8 Å². The molecule has 6 heteroatoms. The molecule has 0 saturated carbocycles. The Morgan fingerprint density at radius 1 is 1.26 bits per heavy atom. The zero-order valence-corrected chi connectivity index (χ0v) is 13.4. The first-order valence-corrected chi connectivity index (χ1v) is 7.44. The van der Waals surface area contributed by atoms with Gasteiger partial charge in [-0.1, -0.05) is 43.5 Å². The minimum atomic E-state index is -0.598. The highest BCUT2D eigenvalue weighted by molar-refractivity contribution is 9.10. The monoisotopic (exact) mass is 409 g/mol. The zero-order valence-electron chi connectivity index (χ0n) is 9.51. The normalized spacial score (nSPS) is 12.5. The number of hydrogen-bond acceptors (Lipinski definition) is 1. The average molecular weight is 411 g/mol. The van der Waals surface area contributed by atoms with E-state index in [1.54, 1.807) is 12.3 Å². The molecular weight excluding hydrogens is 403 g/mol. The summed E-state index contributed by atoms with van der Waals surface area (Å²) in [6.07, 6.45) is 3.47. The SMILES string of the molecule is Fc1cc(Br)cc(F)c1C(Br)Cc1ccncc1Cl. The summed E-state index contributed by atoms with van der Waals surface area (Å²) in [4.78, 5) is 3.37. The van der Waals surface area contributed by atoms with E-state index in [1.807, 2.05) is 0 Å². The molecule has 0 bridgehead atoms. The molecule has 2 aromatic rings. The van der Waals surface area contributed by atoms with Gasteiger partial charge in [-0.15, -0.1) is 0 Å². The average Bonchev–Trinajstić information content (AvgIpc) is 2.30. The molecule has 0 spiro atoms. The molecule has 100 valence electrons. The minimum Gasteiger partial charge on any atom is -0.263 e. The van der Waals surface area contributed by atoms with Crippen LogP contribution in [0.5, 0.6) is 0 Å². The van der Waals surface area contributed by atoms with Crippen molar-refractivity contribution in [2.75, 3.05) is 0 Å². The number of hydrogen-bond donors (Lipinski definition) is 0. The van der Waals surface area contributed by atoms with Gasteiger partial charge in [-0.25, -0.2) is 8.78 Å². The largest absolute Gasteiger partial charge is 0.263 e. The van der Waals surface area contributed by atoms with Gasteiger partial charge < -0.3 is 0 Å². The van der Waals surface area contributed by atoms with Crippen molar-refractivity contribution in [2.24, 2.45) is 0 Å². The summed E-state index contributed by atoms with van der Waals surface area (Å²) < 4.78 is 28.0. The molecular formula is C13H8Br2ClF2N. The Morgan fingerprint density at radius 3 is 2.47 bits per heavy atom. The number of nitrogens with zero attached hydrogens (tertiary/aromatic N) is 1. The topological polar surface area (TPSA) is 12.9 Å². The molecule has 0 amide bonds. The van der Waals surface area contributed by atoms with Gasteiger partial charge in [0.2, 0.25) is 0 Å². The van der Waals surface area contributed by atoms with Crippen LogP contribution >= 0.6 is 43.5 Å². The Kier molecular flexibility index (Phi) is 4.92. The molecule has 1 aromatic carbocycles. The van der Waals surface area contributed by atoms with Gasteiger partial charge in [-0.05, 0) is 30.2 Å². The van der Waals surface area contributed by atoms with E-state index < -0.39 is 16.5 Å². The van der Waals surface area contributed by atoms with E-state index in [2.05, 4.69) is 36.8 Å². The Hall–Kier alpha value is -0.520. The van der Waals surface area contributed by atoms with Gasteiger partial charge >= 0.3 is 0 Å². The Balaban J connectivity index is 2.31. The van der Waals surface area contributed by atoms with Crippen LogP contribution in [0.25, 0.3) is 0 Å². The molecule has 2 rings (SSSR count). The fourth-order valence-corrected chi connectivity index (χ4v) is 3.10. The molecule has 1 heterocycles. The summed E-state index contributed by atoms with van der Waals surface area (Å²) in [5, 5.41) is 0.477. The molecule has 0 radical (unpaired) electrons. The number of pyridine rings is 1. The van der Waals surface area contributed by atoms with Crippen molar-refractivity contribution < 1.29 is 8.78 Å². The third kappa shape index (κ3) is 3.52. The summed E-state index contributed by atoms with van der Waals surface area (Å²) in [6, 6.07) is 4.20. The van der Waals surface area contributed by atoms with Crippen LogP contribution in [0.4, 0.5) is 8.78 Å². The second-order valence-corrected chi connectivity index (χ2v) is 6.35. The van der Waals surface area contributed by atoms with E-state index in [0.717, 1.165) is 5.56 Å². The molecule has 0 aliphatic rings. The van der Waals surface area contributed by atoms with E-state index >= 15 is 0 Å². The molecule has 0 fully saturated rings. The minimum absolute atomic E-state index is 0.00363. The summed E-state index contributed by atoms with van der Waals surface area (Å²) in [6.45, 7) is 0. The van der Waals surface area contributed by atoms with Crippen molar-refractivity contribution in [1.82, 2.24) is 4.98 Å². The van der Waals surface area contributed by atoms with Gasteiger partial charge in [0.15, 0.2) is 0 Å². The van der Waals surface area contributed by atoms with Crippen LogP contribution in [0.1, 0.15) is 16.0 Å². The van der Waals surface area contributed by atoms with E-state index in [-0.39, 0.29) is 5.56 Å². The predicted octanol–water partition coefficient (Wildman–Crippen LogP) is 5.45. The lowest BCUT2D eigenvalue weighted by Crippen LogP contribution is -2.03. The maximum Gasteiger partial charge on any atom is 0.131 e. The number of benzene rings is 1. The molecule has 1 atom stereocenters. The quantitative estimate of drug-likeness (QED) is 0.612. The van der Waals surface area contributed by atoms with E-state index in [4.69, 9.17) is 11.6 Å². The Bertz CT molecular complexity index is 584. The molecule has 1 aromatic heterocycles. The molecule has 1 unspecified atom stereocenters. The fourth-order valence-electron chi connectivity index (χ4n) is 1.72. The summed E-state index contributed by atoms with van der Waals surface area (Å²) in [5.41, 5.74) is 0.774. The van der Waals surface area contributed by atoms with Crippen LogP contribution in [0.2, 0.25) is 5.02 Å². The third-order valence-electron chi connectivity index (χ3n) is 2.61. The number of alkyl halides is 1. The van der Waals surface area contributed by atoms with Crippen LogP contribution in [0.15, 0.2) is 35.1 Å². The van der Waals surface area contributed by atoms with E-state index in [1.165, 1.54) is 18.3 Å². The highest BCUT2D eigenvalue weighted by Gasteiger charge is 2.20.